The van der Waals surface area contributed by atoms with E-state index in [1.54, 1.807) is 0 Å². The zero-order valence-electron chi connectivity index (χ0n) is 12.5. The molecule has 4 aliphatic carbocycles. The highest BCUT2D eigenvalue weighted by molar-refractivity contribution is 9.10. The fraction of sp³-hybridized carbons (Fsp3) is 0.611. The number of carbonyl (C=O) groups excluding carboxylic acids is 1. The van der Waals surface area contributed by atoms with Gasteiger partial charge in [0.25, 0.3) is 0 Å². The number of benzene rings is 1. The Kier molecular flexibility index (Phi) is 3.01. The molecule has 1 amide bonds. The average molecular weight is 348 g/mol. The number of nitrogens with one attached hydrogen (secondary N) is 1. The summed E-state index contributed by atoms with van der Waals surface area (Å²) in [4.78, 5) is 13.0. The first kappa shape index (κ1) is 13.8. The van der Waals surface area contributed by atoms with Gasteiger partial charge in [-0.2, -0.15) is 0 Å². The summed E-state index contributed by atoms with van der Waals surface area (Å²) in [5, 5.41) is 3.18. The lowest BCUT2D eigenvalue weighted by atomic mass is 9.49. The van der Waals surface area contributed by atoms with Crippen LogP contribution in [0.4, 0.5) is 5.69 Å². The molecule has 0 heterocycles. The monoisotopic (exact) mass is 347 g/mol. The van der Waals surface area contributed by atoms with Crippen molar-refractivity contribution in [2.45, 2.75) is 49.8 Å². The van der Waals surface area contributed by atoms with E-state index < -0.39 is 0 Å². The van der Waals surface area contributed by atoms with Gasteiger partial charge in [-0.15, -0.1) is 0 Å². The van der Waals surface area contributed by atoms with E-state index >= 15 is 0 Å². The Hall–Kier alpha value is -0.830. The molecule has 4 aliphatic rings. The van der Waals surface area contributed by atoms with Crippen molar-refractivity contribution in [1.82, 2.24) is 0 Å². The fourth-order valence-corrected chi connectivity index (χ4v) is 6.77. The van der Waals surface area contributed by atoms with Gasteiger partial charge in [0.2, 0.25) is 5.91 Å². The van der Waals surface area contributed by atoms with E-state index in [1.165, 1.54) is 24.8 Å². The van der Waals surface area contributed by atoms with Crippen LogP contribution in [0.2, 0.25) is 0 Å². The summed E-state index contributed by atoms with van der Waals surface area (Å²) in [5.74, 6) is 1.74. The van der Waals surface area contributed by atoms with Crippen LogP contribution in [0, 0.1) is 24.2 Å². The molecule has 4 fully saturated rings. The fourth-order valence-electron chi connectivity index (χ4n) is 5.32. The van der Waals surface area contributed by atoms with Gasteiger partial charge in [0, 0.05) is 10.0 Å². The summed E-state index contributed by atoms with van der Waals surface area (Å²) in [5.41, 5.74) is 2.03. The van der Waals surface area contributed by atoms with Crippen LogP contribution >= 0.6 is 15.9 Å². The molecule has 4 atom stereocenters. The number of hydrogen-bond donors (Lipinski definition) is 1. The number of aryl methyl sites for hydroxylation is 1. The molecule has 0 radical (unpaired) electrons. The molecule has 21 heavy (non-hydrogen) atoms. The molecule has 4 saturated carbocycles. The summed E-state index contributed by atoms with van der Waals surface area (Å²) in [6.45, 7) is 2.07. The number of hydrogen-bond acceptors (Lipinski definition) is 1. The number of anilines is 1. The van der Waals surface area contributed by atoms with Gasteiger partial charge in [-0.05, 0) is 69.4 Å². The van der Waals surface area contributed by atoms with Crippen molar-refractivity contribution in [2.75, 3.05) is 5.32 Å². The Bertz CT molecular complexity index is 565. The van der Waals surface area contributed by atoms with E-state index in [0.29, 0.717) is 0 Å². The first-order chi connectivity index (χ1) is 9.96. The van der Waals surface area contributed by atoms with E-state index in [9.17, 15) is 4.79 Å². The Balaban J connectivity index is 1.57. The predicted molar refractivity (Wildman–Crippen MR) is 88.6 cm³/mol. The normalized spacial score (nSPS) is 40.3. The van der Waals surface area contributed by atoms with Crippen molar-refractivity contribution in [3.05, 3.63) is 29.8 Å². The third-order valence-electron chi connectivity index (χ3n) is 5.78. The summed E-state index contributed by atoms with van der Waals surface area (Å²) >= 11 is 3.98. The molecule has 112 valence electrons. The summed E-state index contributed by atoms with van der Waals surface area (Å²) in [7, 11) is 0. The molecular weight excluding hydrogens is 326 g/mol. The van der Waals surface area contributed by atoms with Gasteiger partial charge in [-0.3, -0.25) is 4.79 Å². The van der Waals surface area contributed by atoms with Crippen LogP contribution in [0.1, 0.15) is 44.1 Å². The second kappa shape index (κ2) is 4.58. The molecule has 0 aliphatic heterocycles. The first-order valence-corrected chi connectivity index (χ1v) is 8.83. The Morgan fingerprint density at radius 2 is 1.76 bits per heavy atom. The van der Waals surface area contributed by atoms with Gasteiger partial charge in [-0.1, -0.05) is 33.6 Å². The van der Waals surface area contributed by atoms with Crippen LogP contribution in [-0.4, -0.2) is 10.2 Å². The lowest BCUT2D eigenvalue weighted by Crippen LogP contribution is -2.57. The first-order valence-electron chi connectivity index (χ1n) is 8.04. The second-order valence-corrected chi connectivity index (χ2v) is 9.39. The summed E-state index contributed by atoms with van der Waals surface area (Å²) < 4.78 is 0.238. The van der Waals surface area contributed by atoms with E-state index in [2.05, 4.69) is 40.3 Å². The minimum absolute atomic E-state index is 0.127. The maximum Gasteiger partial charge on any atom is 0.230 e. The highest BCUT2D eigenvalue weighted by atomic mass is 79.9. The molecule has 3 heteroatoms. The molecule has 0 aromatic heterocycles. The minimum Gasteiger partial charge on any atom is -0.326 e. The number of halogens is 1. The van der Waals surface area contributed by atoms with E-state index in [4.69, 9.17) is 0 Å². The number of amides is 1. The standard InChI is InChI=1S/C18H22BrNO/c1-12-2-4-15(5-3-12)20-16(21)17-7-13-6-14(8-17)10-18(19,9-13)11-17/h2-5,13-14H,6-11H2,1H3,(H,20,21)/t13-,14+,17?,18?. The molecule has 5 rings (SSSR count). The molecular formula is C18H22BrNO. The van der Waals surface area contributed by atoms with Crippen LogP contribution < -0.4 is 5.32 Å². The molecule has 0 saturated heterocycles. The van der Waals surface area contributed by atoms with Crippen LogP contribution in [0.15, 0.2) is 24.3 Å². The van der Waals surface area contributed by atoms with Gasteiger partial charge < -0.3 is 5.32 Å². The van der Waals surface area contributed by atoms with E-state index in [-0.39, 0.29) is 15.6 Å². The largest absolute Gasteiger partial charge is 0.326 e. The number of carbonyl (C=O) groups is 1. The summed E-state index contributed by atoms with van der Waals surface area (Å²) in [6.07, 6.45) is 7.08. The Morgan fingerprint density at radius 3 is 2.33 bits per heavy atom. The van der Waals surface area contributed by atoms with Crippen molar-refractivity contribution in [3.8, 4) is 0 Å². The van der Waals surface area contributed by atoms with Crippen molar-refractivity contribution >= 4 is 27.5 Å². The molecule has 1 N–H and O–H groups in total. The number of alkyl halides is 1. The van der Waals surface area contributed by atoms with E-state index in [0.717, 1.165) is 36.8 Å². The lowest BCUT2D eigenvalue weighted by Gasteiger charge is -2.59. The van der Waals surface area contributed by atoms with Crippen LogP contribution in [0.3, 0.4) is 0 Å². The molecule has 4 bridgehead atoms. The average Bonchev–Trinajstić information content (AvgIpc) is 2.38. The molecule has 2 nitrogen and oxygen atoms in total. The zero-order valence-corrected chi connectivity index (χ0v) is 14.1. The number of rotatable bonds is 2. The van der Waals surface area contributed by atoms with Crippen molar-refractivity contribution in [3.63, 3.8) is 0 Å². The highest BCUT2D eigenvalue weighted by Gasteiger charge is 2.59. The third-order valence-corrected chi connectivity index (χ3v) is 6.71. The molecule has 1 aromatic carbocycles. The second-order valence-electron chi connectivity index (χ2n) is 7.71. The minimum atomic E-state index is -0.127. The van der Waals surface area contributed by atoms with Gasteiger partial charge in [0.1, 0.15) is 0 Å². The lowest BCUT2D eigenvalue weighted by molar-refractivity contribution is -0.138. The Morgan fingerprint density at radius 1 is 1.14 bits per heavy atom. The molecule has 2 unspecified atom stereocenters. The van der Waals surface area contributed by atoms with Crippen molar-refractivity contribution in [1.29, 1.82) is 0 Å². The van der Waals surface area contributed by atoms with Crippen LogP contribution in [-0.2, 0) is 4.79 Å². The summed E-state index contributed by atoms with van der Waals surface area (Å²) in [6, 6.07) is 8.14. The third kappa shape index (κ3) is 2.34. The Labute approximate surface area is 134 Å². The molecule has 0 spiro atoms. The van der Waals surface area contributed by atoms with Gasteiger partial charge in [0.05, 0.1) is 5.41 Å². The quantitative estimate of drug-likeness (QED) is 0.774. The highest BCUT2D eigenvalue weighted by Crippen LogP contribution is 2.64. The maximum atomic E-state index is 13.0. The van der Waals surface area contributed by atoms with Gasteiger partial charge in [0.15, 0.2) is 0 Å². The maximum absolute atomic E-state index is 13.0. The smallest absolute Gasteiger partial charge is 0.230 e. The van der Waals surface area contributed by atoms with Crippen LogP contribution in [0.5, 0.6) is 0 Å². The molecule has 1 aromatic rings. The van der Waals surface area contributed by atoms with Crippen molar-refractivity contribution < 1.29 is 4.79 Å². The van der Waals surface area contributed by atoms with E-state index in [1.807, 2.05) is 12.1 Å². The van der Waals surface area contributed by atoms with Crippen molar-refractivity contribution in [2.24, 2.45) is 17.3 Å². The van der Waals surface area contributed by atoms with Gasteiger partial charge >= 0.3 is 0 Å². The predicted octanol–water partition coefficient (Wildman–Crippen LogP) is 4.67. The topological polar surface area (TPSA) is 29.1 Å². The van der Waals surface area contributed by atoms with Crippen LogP contribution in [0.25, 0.3) is 0 Å². The van der Waals surface area contributed by atoms with Gasteiger partial charge in [-0.25, -0.2) is 0 Å². The zero-order chi connectivity index (χ0) is 14.7. The SMILES string of the molecule is Cc1ccc(NC(=O)C23C[C@@H]4C[C@@H](CC(Br)(C4)C2)C3)cc1.